The number of aromatic nitrogens is 2. The van der Waals surface area contributed by atoms with E-state index in [1.807, 2.05) is 57.2 Å². The molecule has 2 amide bonds. The molecule has 0 radical (unpaired) electrons. The molecule has 4 rings (SSSR count). The van der Waals surface area contributed by atoms with Crippen LogP contribution in [0.1, 0.15) is 48.8 Å². The first-order valence-electron chi connectivity index (χ1n) is 11.8. The van der Waals surface area contributed by atoms with E-state index in [0.29, 0.717) is 30.0 Å². The summed E-state index contributed by atoms with van der Waals surface area (Å²) in [5.74, 6) is -0.100. The number of hydrogen-bond donors (Lipinski definition) is 3. The quantitative estimate of drug-likeness (QED) is 0.465. The van der Waals surface area contributed by atoms with Crippen LogP contribution in [0.5, 0.6) is 0 Å². The van der Waals surface area contributed by atoms with E-state index < -0.39 is 17.4 Å². The molecule has 0 saturated heterocycles. The van der Waals surface area contributed by atoms with Crippen LogP contribution in [-0.4, -0.2) is 45.9 Å². The van der Waals surface area contributed by atoms with Gasteiger partial charge in [0, 0.05) is 18.5 Å². The maximum Gasteiger partial charge on any atom is 0.273 e. The molecule has 1 aliphatic carbocycles. The van der Waals surface area contributed by atoms with Crippen LogP contribution < -0.4 is 10.6 Å². The van der Waals surface area contributed by atoms with Crippen molar-refractivity contribution < 1.29 is 14.7 Å². The first kappa shape index (κ1) is 24.4. The van der Waals surface area contributed by atoms with Gasteiger partial charge in [0.1, 0.15) is 6.04 Å². The van der Waals surface area contributed by atoms with Crippen molar-refractivity contribution in [2.45, 2.75) is 39.8 Å². The molecule has 2 aromatic carbocycles. The van der Waals surface area contributed by atoms with Gasteiger partial charge in [-0.15, -0.1) is 0 Å². The molecule has 35 heavy (non-hydrogen) atoms. The van der Waals surface area contributed by atoms with E-state index in [1.165, 1.54) is 0 Å². The van der Waals surface area contributed by atoms with Crippen molar-refractivity contribution in [2.24, 2.45) is 17.3 Å². The third-order valence-electron chi connectivity index (χ3n) is 6.53. The van der Waals surface area contributed by atoms with Gasteiger partial charge in [-0.2, -0.15) is 10.4 Å². The smallest absolute Gasteiger partial charge is 0.273 e. The summed E-state index contributed by atoms with van der Waals surface area (Å²) < 4.78 is 1.76. The highest BCUT2D eigenvalue weighted by atomic mass is 16.3. The normalized spacial score (nSPS) is 18.0. The van der Waals surface area contributed by atoms with E-state index in [9.17, 15) is 14.7 Å². The van der Waals surface area contributed by atoms with Crippen molar-refractivity contribution in [1.82, 2.24) is 20.4 Å². The van der Waals surface area contributed by atoms with Gasteiger partial charge in [-0.05, 0) is 47.4 Å². The molecule has 0 spiro atoms. The number of hydrogen-bond acceptors (Lipinski definition) is 5. The minimum absolute atomic E-state index is 0.137. The second-order valence-electron chi connectivity index (χ2n) is 10.3. The van der Waals surface area contributed by atoms with Crippen molar-refractivity contribution in [2.75, 3.05) is 13.2 Å². The van der Waals surface area contributed by atoms with E-state index in [4.69, 9.17) is 5.26 Å². The van der Waals surface area contributed by atoms with Crippen LogP contribution in [0.4, 0.5) is 0 Å². The molecule has 8 heteroatoms. The fourth-order valence-electron chi connectivity index (χ4n) is 4.27. The predicted octanol–water partition coefficient (Wildman–Crippen LogP) is 2.85. The van der Waals surface area contributed by atoms with Crippen LogP contribution in [0.25, 0.3) is 10.9 Å². The molecule has 3 aromatic rings. The minimum Gasteiger partial charge on any atom is -0.396 e. The van der Waals surface area contributed by atoms with Gasteiger partial charge >= 0.3 is 0 Å². The van der Waals surface area contributed by atoms with Crippen molar-refractivity contribution in [1.29, 1.82) is 5.26 Å². The molecule has 1 fully saturated rings. The molecule has 1 aromatic heterocycles. The van der Waals surface area contributed by atoms with E-state index in [0.717, 1.165) is 17.5 Å². The highest BCUT2D eigenvalue weighted by Crippen LogP contribution is 2.37. The fourth-order valence-corrected chi connectivity index (χ4v) is 4.27. The average molecular weight is 474 g/mol. The number of rotatable bonds is 8. The van der Waals surface area contributed by atoms with Crippen LogP contribution in [-0.2, 0) is 11.3 Å². The maximum atomic E-state index is 13.4. The van der Waals surface area contributed by atoms with E-state index in [2.05, 4.69) is 21.8 Å². The molecule has 182 valence electrons. The summed E-state index contributed by atoms with van der Waals surface area (Å²) >= 11 is 0. The van der Waals surface area contributed by atoms with Gasteiger partial charge in [0.2, 0.25) is 5.91 Å². The minimum atomic E-state index is -0.747. The maximum absolute atomic E-state index is 13.4. The largest absolute Gasteiger partial charge is 0.396 e. The number of aliphatic hydroxyl groups excluding tert-OH is 1. The van der Waals surface area contributed by atoms with Crippen molar-refractivity contribution in [3.8, 4) is 6.07 Å². The summed E-state index contributed by atoms with van der Waals surface area (Å²) in [7, 11) is 0. The molecule has 0 aliphatic heterocycles. The Kier molecular flexibility index (Phi) is 6.90. The first-order valence-corrected chi connectivity index (χ1v) is 11.8. The summed E-state index contributed by atoms with van der Waals surface area (Å²) in [5.41, 5.74) is 2.10. The average Bonchev–Trinajstić information content (AvgIpc) is 3.52. The van der Waals surface area contributed by atoms with Gasteiger partial charge in [0.05, 0.1) is 23.7 Å². The van der Waals surface area contributed by atoms with Gasteiger partial charge in [0.25, 0.3) is 5.91 Å². The second-order valence-corrected chi connectivity index (χ2v) is 10.3. The van der Waals surface area contributed by atoms with E-state index in [1.54, 1.807) is 16.8 Å². The van der Waals surface area contributed by atoms with Gasteiger partial charge in [-0.25, -0.2) is 0 Å². The third kappa shape index (κ3) is 5.52. The van der Waals surface area contributed by atoms with Crippen molar-refractivity contribution in [3.63, 3.8) is 0 Å². The van der Waals surface area contributed by atoms with Crippen molar-refractivity contribution >= 4 is 22.7 Å². The Morgan fingerprint density at radius 1 is 1.17 bits per heavy atom. The molecule has 0 unspecified atom stereocenters. The fraction of sp³-hybridized carbons (Fsp3) is 0.407. The zero-order chi connectivity index (χ0) is 25.2. The molecule has 1 heterocycles. The van der Waals surface area contributed by atoms with Gasteiger partial charge < -0.3 is 15.7 Å². The topological polar surface area (TPSA) is 120 Å². The summed E-state index contributed by atoms with van der Waals surface area (Å²) in [4.78, 5) is 26.4. The van der Waals surface area contributed by atoms with E-state index in [-0.39, 0.29) is 24.1 Å². The third-order valence-corrected chi connectivity index (χ3v) is 6.53. The Morgan fingerprint density at radius 3 is 2.51 bits per heavy atom. The van der Waals surface area contributed by atoms with Gasteiger partial charge in [-0.3, -0.25) is 14.3 Å². The van der Waals surface area contributed by atoms with Gasteiger partial charge in [-0.1, -0.05) is 51.1 Å². The molecule has 3 N–H and O–H groups in total. The molecular formula is C27H31N5O3. The molecule has 1 saturated carbocycles. The number of nitrogens with one attached hydrogen (secondary N) is 2. The Labute approximate surface area is 204 Å². The molecule has 0 bridgehead atoms. The monoisotopic (exact) mass is 473 g/mol. The SMILES string of the molecule is CC(C)(C)[C@H](NC(=O)c1nn(Cc2ccc(C#N)cc2)c2ccccc12)C(=O)NC[C@H]1C[C@H]1CO. The summed E-state index contributed by atoms with van der Waals surface area (Å²) in [5, 5.41) is 29.4. The zero-order valence-electron chi connectivity index (χ0n) is 20.3. The number of carbonyl (C=O) groups is 2. The van der Waals surface area contributed by atoms with Crippen LogP contribution in [0.3, 0.4) is 0 Å². The lowest BCUT2D eigenvalue weighted by atomic mass is 9.86. The zero-order valence-corrected chi connectivity index (χ0v) is 20.3. The number of fused-ring (bicyclic) bond motifs is 1. The van der Waals surface area contributed by atoms with E-state index >= 15 is 0 Å². The predicted molar refractivity (Wildman–Crippen MR) is 132 cm³/mol. The Balaban J connectivity index is 1.54. The van der Waals surface area contributed by atoms with Gasteiger partial charge in [0.15, 0.2) is 5.69 Å². The number of aliphatic hydroxyl groups is 1. The number of amides is 2. The van der Waals surface area contributed by atoms with Crippen molar-refractivity contribution in [3.05, 3.63) is 65.4 Å². The summed E-state index contributed by atoms with van der Waals surface area (Å²) in [6.07, 6.45) is 0.909. The standard InChI is InChI=1S/C27H31N5O3/c1-27(2,3)24(26(35)29-14-19-12-20(19)16-33)30-25(34)23-21-6-4-5-7-22(21)32(31-23)15-18-10-8-17(13-28)9-11-18/h4-11,19-20,24,33H,12,14-16H2,1-3H3,(H,29,35)(H,30,34)/t19-,20+,24-/m1/s1. The van der Waals surface area contributed by atoms with Crippen LogP contribution >= 0.6 is 0 Å². The molecular weight excluding hydrogens is 442 g/mol. The lowest BCUT2D eigenvalue weighted by molar-refractivity contribution is -0.125. The second kappa shape index (κ2) is 9.88. The first-order chi connectivity index (χ1) is 16.7. The van der Waals surface area contributed by atoms with Crippen LogP contribution in [0, 0.1) is 28.6 Å². The highest BCUT2D eigenvalue weighted by molar-refractivity contribution is 6.06. The Morgan fingerprint density at radius 2 is 1.89 bits per heavy atom. The van der Waals surface area contributed by atoms with Crippen LogP contribution in [0.15, 0.2) is 48.5 Å². The number of para-hydroxylation sites is 1. The Bertz CT molecular complexity index is 1270. The summed E-state index contributed by atoms with van der Waals surface area (Å²) in [6.45, 7) is 6.80. The van der Waals surface area contributed by atoms with Crippen LogP contribution in [0.2, 0.25) is 0 Å². The number of benzene rings is 2. The molecule has 8 nitrogen and oxygen atoms in total. The Hall–Kier alpha value is -3.70. The molecule has 3 atom stereocenters. The number of carbonyl (C=O) groups excluding carboxylic acids is 2. The number of nitriles is 1. The highest BCUT2D eigenvalue weighted by Gasteiger charge is 2.38. The molecule has 1 aliphatic rings. The lowest BCUT2D eigenvalue weighted by Gasteiger charge is -2.30. The summed E-state index contributed by atoms with van der Waals surface area (Å²) in [6, 6.07) is 16.1. The number of nitrogens with zero attached hydrogens (tertiary/aromatic N) is 3. The lowest BCUT2D eigenvalue weighted by Crippen LogP contribution is -2.54.